The topological polar surface area (TPSA) is 46.9 Å². The van der Waals surface area contributed by atoms with E-state index in [2.05, 4.69) is 80.6 Å². The number of imidazole rings is 1. The predicted molar refractivity (Wildman–Crippen MR) is 164 cm³/mol. The Labute approximate surface area is 235 Å². The van der Waals surface area contributed by atoms with Gasteiger partial charge in [-0.15, -0.1) is 9.24 Å². The number of aryl methyl sites for hydroxylation is 1. The van der Waals surface area contributed by atoms with Crippen LogP contribution in [0.4, 0.5) is 5.69 Å². The van der Waals surface area contributed by atoms with Crippen LogP contribution in [-0.2, 0) is 16.8 Å². The van der Waals surface area contributed by atoms with Crippen LogP contribution in [0.25, 0.3) is 11.6 Å². The smallest absolute Gasteiger partial charge is 0.256 e. The number of hydrogen-bond acceptors (Lipinski definition) is 2. The second-order valence-corrected chi connectivity index (χ2v) is 10.6. The molecule has 192 valence electrons. The van der Waals surface area contributed by atoms with E-state index >= 15 is 0 Å². The Kier molecular flexibility index (Phi) is 6.68. The van der Waals surface area contributed by atoms with Crippen LogP contribution in [-0.4, -0.2) is 15.5 Å². The largest absolute Gasteiger partial charge is 0.321 e. The first kappa shape index (κ1) is 25.3. The van der Waals surface area contributed by atoms with Gasteiger partial charge in [0.15, 0.2) is 0 Å². The van der Waals surface area contributed by atoms with E-state index in [1.807, 2.05) is 60.8 Å². The lowest BCUT2D eigenvalue weighted by Crippen LogP contribution is -2.39. The lowest BCUT2D eigenvalue weighted by molar-refractivity contribution is -0.110. The molecule has 4 nitrogen and oxygen atoms in total. The molecule has 0 saturated carbocycles. The average Bonchev–Trinajstić information content (AvgIpc) is 3.52. The molecule has 0 saturated heterocycles. The molecule has 1 aliphatic rings. The van der Waals surface area contributed by atoms with Gasteiger partial charge in [-0.2, -0.15) is 0 Å². The molecule has 6 rings (SSSR count). The van der Waals surface area contributed by atoms with Crippen molar-refractivity contribution in [1.29, 1.82) is 0 Å². The number of carbonyl (C=O) groups excluding carboxylic acids is 1. The first-order valence-corrected chi connectivity index (χ1v) is 13.9. The Bertz CT molecular complexity index is 1710. The third kappa shape index (κ3) is 4.30. The van der Waals surface area contributed by atoms with Crippen LogP contribution in [0.1, 0.15) is 40.7 Å². The fourth-order valence-corrected chi connectivity index (χ4v) is 5.99. The molecule has 1 aliphatic heterocycles. The molecule has 5 aromatic rings. The number of benzene rings is 4. The van der Waals surface area contributed by atoms with Crippen LogP contribution >= 0.6 is 20.8 Å². The Morgan fingerprint density at radius 3 is 2.31 bits per heavy atom. The van der Waals surface area contributed by atoms with Gasteiger partial charge in [0.05, 0.1) is 11.3 Å². The summed E-state index contributed by atoms with van der Waals surface area (Å²) in [7, 11) is 2.76. The molecule has 0 spiro atoms. The number of hydrogen-bond donors (Lipinski definition) is 1. The number of halogens is 1. The van der Waals surface area contributed by atoms with Crippen molar-refractivity contribution in [3.63, 3.8) is 0 Å². The highest BCUT2D eigenvalue weighted by Crippen LogP contribution is 2.45. The van der Waals surface area contributed by atoms with Crippen LogP contribution < -0.4 is 10.6 Å². The number of aromatic nitrogens is 2. The Balaban J connectivity index is 1.66. The monoisotopic (exact) mass is 547 g/mol. The first-order chi connectivity index (χ1) is 19.0. The summed E-state index contributed by atoms with van der Waals surface area (Å²) in [6.45, 7) is 2.10. The van der Waals surface area contributed by atoms with E-state index in [4.69, 9.17) is 16.6 Å². The maximum absolute atomic E-state index is 12.9. The van der Waals surface area contributed by atoms with Gasteiger partial charge in [0.25, 0.3) is 5.91 Å². The van der Waals surface area contributed by atoms with Crippen molar-refractivity contribution in [2.75, 3.05) is 5.32 Å². The summed E-state index contributed by atoms with van der Waals surface area (Å²) in [6.07, 6.45) is 4.61. The third-order valence-corrected chi connectivity index (χ3v) is 7.98. The first-order valence-electron chi connectivity index (χ1n) is 12.9. The number of nitrogens with one attached hydrogen (secondary N) is 1. The summed E-state index contributed by atoms with van der Waals surface area (Å²) in [6, 6.07) is 34.6. The Hall–Kier alpha value is -3.98. The van der Waals surface area contributed by atoms with E-state index in [-0.39, 0.29) is 5.91 Å². The SMILES string of the molecule is CCc1nc(C=C2C(=O)Nc3ccccc32)cn1C(c1ccccc1)(c1ccc(P)cc1)c1ccccc1Cl. The lowest BCUT2D eigenvalue weighted by Gasteiger charge is -2.39. The predicted octanol–water partition coefficient (Wildman–Crippen LogP) is 6.93. The van der Waals surface area contributed by atoms with Crippen molar-refractivity contribution in [2.45, 2.75) is 18.9 Å². The molecule has 0 radical (unpaired) electrons. The minimum absolute atomic E-state index is 0.125. The zero-order valence-electron chi connectivity index (χ0n) is 21.4. The highest BCUT2D eigenvalue weighted by atomic mass is 35.5. The van der Waals surface area contributed by atoms with Gasteiger partial charge in [-0.3, -0.25) is 4.79 Å². The van der Waals surface area contributed by atoms with E-state index in [0.717, 1.165) is 39.1 Å². The third-order valence-electron chi connectivity index (χ3n) is 7.26. The van der Waals surface area contributed by atoms with E-state index in [9.17, 15) is 4.79 Å². The molecule has 0 aliphatic carbocycles. The normalized spacial score (nSPS) is 15.2. The molecule has 4 aromatic carbocycles. The molecule has 0 fully saturated rings. The summed E-state index contributed by atoms with van der Waals surface area (Å²) in [4.78, 5) is 17.9. The number of para-hydroxylation sites is 1. The summed E-state index contributed by atoms with van der Waals surface area (Å²) < 4.78 is 2.23. The summed E-state index contributed by atoms with van der Waals surface area (Å²) in [5.41, 5.74) is 5.28. The van der Waals surface area contributed by atoms with Gasteiger partial charge in [0.1, 0.15) is 11.4 Å². The van der Waals surface area contributed by atoms with Crippen molar-refractivity contribution in [2.24, 2.45) is 0 Å². The maximum Gasteiger partial charge on any atom is 0.256 e. The average molecular weight is 548 g/mol. The van der Waals surface area contributed by atoms with Crippen molar-refractivity contribution >= 4 is 49.4 Å². The Morgan fingerprint density at radius 2 is 1.56 bits per heavy atom. The molecular weight excluding hydrogens is 521 g/mol. The summed E-state index contributed by atoms with van der Waals surface area (Å²) in [5.74, 6) is 0.757. The number of amides is 1. The molecule has 2 unspecified atom stereocenters. The van der Waals surface area contributed by atoms with Crippen molar-refractivity contribution in [3.8, 4) is 0 Å². The number of nitrogens with zero attached hydrogens (tertiary/aromatic N) is 2. The molecule has 0 bridgehead atoms. The van der Waals surface area contributed by atoms with E-state index in [0.29, 0.717) is 22.7 Å². The molecule has 2 heterocycles. The maximum atomic E-state index is 12.9. The van der Waals surface area contributed by atoms with Crippen LogP contribution in [0.2, 0.25) is 5.02 Å². The zero-order valence-corrected chi connectivity index (χ0v) is 23.3. The second-order valence-electron chi connectivity index (χ2n) is 9.54. The van der Waals surface area contributed by atoms with Gasteiger partial charge in [0.2, 0.25) is 0 Å². The number of rotatable bonds is 6. The second kappa shape index (κ2) is 10.3. The molecule has 39 heavy (non-hydrogen) atoms. The number of fused-ring (bicyclic) bond motifs is 1. The number of anilines is 1. The summed E-state index contributed by atoms with van der Waals surface area (Å²) in [5, 5.41) is 4.72. The fraction of sp³-hybridized carbons (Fsp3) is 0.0909. The van der Waals surface area contributed by atoms with Crippen molar-refractivity contribution in [1.82, 2.24) is 9.55 Å². The van der Waals surface area contributed by atoms with E-state index < -0.39 is 5.54 Å². The van der Waals surface area contributed by atoms with Gasteiger partial charge in [-0.05, 0) is 34.6 Å². The van der Waals surface area contributed by atoms with Crippen LogP contribution in [0.3, 0.4) is 0 Å². The fourth-order valence-electron chi connectivity index (χ4n) is 5.52. The molecule has 6 heteroatoms. The Morgan fingerprint density at radius 1 is 0.897 bits per heavy atom. The van der Waals surface area contributed by atoms with Gasteiger partial charge >= 0.3 is 0 Å². The molecular formula is C33H27ClN3OP. The van der Waals surface area contributed by atoms with Gasteiger partial charge < -0.3 is 9.88 Å². The number of carbonyl (C=O) groups is 1. The van der Waals surface area contributed by atoms with Crippen LogP contribution in [0.5, 0.6) is 0 Å². The molecule has 1 N–H and O–H groups in total. The molecule has 1 amide bonds. The lowest BCUT2D eigenvalue weighted by atomic mass is 9.76. The van der Waals surface area contributed by atoms with E-state index in [1.54, 1.807) is 0 Å². The highest BCUT2D eigenvalue weighted by Gasteiger charge is 2.41. The standard InChI is InChI=1S/C33H27ClN3OP/c1-2-31-35-24(20-27-26-12-6-9-15-30(26)36-32(27)38)21-37(31)33(22-10-4-3-5-11-22,23-16-18-25(39)19-17-23)28-13-7-8-14-29(28)34/h3-21H,2,39H2,1H3,(H,36,38). The van der Waals surface area contributed by atoms with Gasteiger partial charge in [0, 0.05) is 34.5 Å². The quantitative estimate of drug-likeness (QED) is 0.142. The van der Waals surface area contributed by atoms with Crippen LogP contribution in [0, 0.1) is 0 Å². The summed E-state index contributed by atoms with van der Waals surface area (Å²) >= 11 is 7.00. The highest BCUT2D eigenvalue weighted by molar-refractivity contribution is 7.27. The minimum atomic E-state index is -0.803. The van der Waals surface area contributed by atoms with Crippen LogP contribution in [0.15, 0.2) is 109 Å². The minimum Gasteiger partial charge on any atom is -0.321 e. The van der Waals surface area contributed by atoms with E-state index in [1.165, 1.54) is 0 Å². The van der Waals surface area contributed by atoms with Crippen molar-refractivity contribution < 1.29 is 4.79 Å². The zero-order chi connectivity index (χ0) is 27.0. The van der Waals surface area contributed by atoms with Gasteiger partial charge in [-0.1, -0.05) is 110 Å². The molecule has 2 atom stereocenters. The molecule has 1 aromatic heterocycles. The van der Waals surface area contributed by atoms with Crippen molar-refractivity contribution in [3.05, 3.63) is 148 Å². The van der Waals surface area contributed by atoms with Gasteiger partial charge in [-0.25, -0.2) is 4.98 Å².